The molecule has 1 aliphatic carbocycles. The number of benzene rings is 2. The maximum Gasteiger partial charge on any atom is 0.407 e. The Morgan fingerprint density at radius 2 is 1.64 bits per heavy atom. The minimum Gasteiger partial charge on any atom is -0.481 e. The van der Waals surface area contributed by atoms with Crippen molar-refractivity contribution < 1.29 is 29.0 Å². The molecule has 2 aromatic rings. The highest BCUT2D eigenvalue weighted by Crippen LogP contribution is 2.44. The second kappa shape index (κ2) is 11.0. The highest BCUT2D eigenvalue weighted by Gasteiger charge is 2.32. The number of hydrogen-bond donors (Lipinski definition) is 2. The summed E-state index contributed by atoms with van der Waals surface area (Å²) < 4.78 is 10.6. The normalized spacial score (nSPS) is 14.0. The van der Waals surface area contributed by atoms with Gasteiger partial charge in [0.2, 0.25) is 5.91 Å². The van der Waals surface area contributed by atoms with Gasteiger partial charge in [0, 0.05) is 19.6 Å². The van der Waals surface area contributed by atoms with E-state index in [1.807, 2.05) is 48.5 Å². The number of nitrogens with zero attached hydrogens (tertiary/aromatic N) is 1. The number of alkyl carbamates (subject to hydrolysis) is 1. The molecule has 0 heterocycles. The molecule has 2 N–H and O–H groups in total. The molecule has 1 aliphatic rings. The van der Waals surface area contributed by atoms with Crippen LogP contribution in [0.2, 0.25) is 0 Å². The summed E-state index contributed by atoms with van der Waals surface area (Å²) in [6.45, 7) is 4.31. The van der Waals surface area contributed by atoms with Crippen molar-refractivity contribution in [1.82, 2.24) is 10.2 Å². The summed E-state index contributed by atoms with van der Waals surface area (Å²) in [5, 5.41) is 11.7. The van der Waals surface area contributed by atoms with Crippen molar-refractivity contribution in [3.05, 3.63) is 59.7 Å². The van der Waals surface area contributed by atoms with Crippen LogP contribution in [0.15, 0.2) is 48.5 Å². The Balaban J connectivity index is 1.70. The van der Waals surface area contributed by atoms with Crippen LogP contribution in [0.5, 0.6) is 0 Å². The molecule has 2 atom stereocenters. The van der Waals surface area contributed by atoms with Crippen LogP contribution in [0.25, 0.3) is 11.1 Å². The molecular formula is C25H30N2O6. The summed E-state index contributed by atoms with van der Waals surface area (Å²) in [4.78, 5) is 38.4. The molecule has 33 heavy (non-hydrogen) atoms. The van der Waals surface area contributed by atoms with E-state index in [2.05, 4.69) is 5.32 Å². The molecule has 2 amide bonds. The third-order valence-electron chi connectivity index (χ3n) is 5.88. The maximum absolute atomic E-state index is 13.0. The van der Waals surface area contributed by atoms with Gasteiger partial charge in [-0.2, -0.15) is 0 Å². The molecule has 8 heteroatoms. The van der Waals surface area contributed by atoms with E-state index in [4.69, 9.17) is 9.47 Å². The summed E-state index contributed by atoms with van der Waals surface area (Å²) in [5.41, 5.74) is 4.34. The predicted octanol–water partition coefficient (Wildman–Crippen LogP) is 3.25. The Hall–Kier alpha value is -3.39. The third kappa shape index (κ3) is 5.51. The first-order valence-electron chi connectivity index (χ1n) is 11.0. The molecule has 0 aromatic heterocycles. The zero-order valence-electron chi connectivity index (χ0n) is 19.1. The molecule has 0 fully saturated rings. The Morgan fingerprint density at radius 3 is 2.15 bits per heavy atom. The van der Waals surface area contributed by atoms with Gasteiger partial charge in [-0.1, -0.05) is 48.5 Å². The minimum absolute atomic E-state index is 0.0748. The van der Waals surface area contributed by atoms with E-state index in [1.165, 1.54) is 12.0 Å². The molecule has 0 spiro atoms. The number of carbonyl (C=O) groups is 3. The minimum atomic E-state index is -1.24. The van der Waals surface area contributed by atoms with Crippen molar-refractivity contribution in [2.75, 3.05) is 26.9 Å². The van der Waals surface area contributed by atoms with Crippen LogP contribution in [0.4, 0.5) is 4.79 Å². The SMILES string of the molecule is CCN(C(=O)C(CC(=O)O)NC(=O)OCC1c2ccccc2-c2ccccc21)C(C)COC. The number of nitrogens with one attached hydrogen (secondary N) is 1. The van der Waals surface area contributed by atoms with Gasteiger partial charge in [-0.3, -0.25) is 9.59 Å². The van der Waals surface area contributed by atoms with Gasteiger partial charge >= 0.3 is 12.1 Å². The average Bonchev–Trinajstić information content (AvgIpc) is 3.11. The summed E-state index contributed by atoms with van der Waals surface area (Å²) in [6, 6.07) is 14.4. The van der Waals surface area contributed by atoms with Crippen molar-refractivity contribution in [2.24, 2.45) is 0 Å². The molecule has 0 radical (unpaired) electrons. The van der Waals surface area contributed by atoms with Crippen molar-refractivity contribution in [1.29, 1.82) is 0 Å². The van der Waals surface area contributed by atoms with E-state index < -0.39 is 30.4 Å². The standard InChI is InChI=1S/C25H30N2O6/c1-4-27(16(2)14-32-3)24(30)22(13-23(28)29)26-25(31)33-15-21-19-11-7-5-9-17(19)18-10-6-8-12-20(18)21/h5-12,16,21-22H,4,13-15H2,1-3H3,(H,26,31)(H,28,29). The molecule has 176 valence electrons. The molecule has 0 aliphatic heterocycles. The van der Waals surface area contributed by atoms with Gasteiger partial charge in [-0.25, -0.2) is 4.79 Å². The van der Waals surface area contributed by atoms with Gasteiger partial charge in [0.15, 0.2) is 0 Å². The van der Waals surface area contributed by atoms with Gasteiger partial charge in [-0.15, -0.1) is 0 Å². The van der Waals surface area contributed by atoms with Crippen LogP contribution in [0, 0.1) is 0 Å². The summed E-state index contributed by atoms with van der Waals surface area (Å²) in [7, 11) is 1.53. The summed E-state index contributed by atoms with van der Waals surface area (Å²) in [5.74, 6) is -1.81. The number of aliphatic carboxylic acids is 1. The highest BCUT2D eigenvalue weighted by atomic mass is 16.5. The lowest BCUT2D eigenvalue weighted by Gasteiger charge is -2.31. The van der Waals surface area contributed by atoms with E-state index >= 15 is 0 Å². The number of carboxylic acids is 1. The van der Waals surface area contributed by atoms with Gasteiger partial charge in [-0.05, 0) is 36.1 Å². The number of carboxylic acid groups (broad SMARTS) is 1. The number of rotatable bonds is 10. The first-order valence-corrected chi connectivity index (χ1v) is 11.0. The molecule has 2 aromatic carbocycles. The fourth-order valence-corrected chi connectivity index (χ4v) is 4.37. The number of carbonyl (C=O) groups excluding carboxylic acids is 2. The van der Waals surface area contributed by atoms with Crippen LogP contribution < -0.4 is 5.32 Å². The quantitative estimate of drug-likeness (QED) is 0.571. The van der Waals surface area contributed by atoms with Gasteiger partial charge < -0.3 is 24.8 Å². The second-order valence-corrected chi connectivity index (χ2v) is 8.05. The third-order valence-corrected chi connectivity index (χ3v) is 5.88. The molecule has 2 unspecified atom stereocenters. The average molecular weight is 455 g/mol. The maximum atomic E-state index is 13.0. The first kappa shape index (κ1) is 24.3. The van der Waals surface area contributed by atoms with Crippen LogP contribution >= 0.6 is 0 Å². The lowest BCUT2D eigenvalue weighted by molar-refractivity contribution is -0.143. The zero-order chi connectivity index (χ0) is 24.0. The van der Waals surface area contributed by atoms with Crippen molar-refractivity contribution >= 4 is 18.0 Å². The molecular weight excluding hydrogens is 424 g/mol. The first-order chi connectivity index (χ1) is 15.9. The Kier molecular flexibility index (Phi) is 8.06. The van der Waals surface area contributed by atoms with E-state index in [1.54, 1.807) is 13.8 Å². The molecule has 0 saturated carbocycles. The lowest BCUT2D eigenvalue weighted by atomic mass is 9.98. The van der Waals surface area contributed by atoms with Crippen LogP contribution in [0.3, 0.4) is 0 Å². The predicted molar refractivity (Wildman–Crippen MR) is 123 cm³/mol. The van der Waals surface area contributed by atoms with Gasteiger partial charge in [0.25, 0.3) is 0 Å². The van der Waals surface area contributed by atoms with Gasteiger partial charge in [0.05, 0.1) is 19.1 Å². The van der Waals surface area contributed by atoms with Crippen molar-refractivity contribution in [3.8, 4) is 11.1 Å². The topological polar surface area (TPSA) is 105 Å². The largest absolute Gasteiger partial charge is 0.481 e. The van der Waals surface area contributed by atoms with Crippen LogP contribution in [0.1, 0.15) is 37.3 Å². The molecule has 0 bridgehead atoms. The monoisotopic (exact) mass is 454 g/mol. The van der Waals surface area contributed by atoms with Crippen molar-refractivity contribution in [3.63, 3.8) is 0 Å². The van der Waals surface area contributed by atoms with E-state index in [9.17, 15) is 19.5 Å². The van der Waals surface area contributed by atoms with Crippen molar-refractivity contribution in [2.45, 2.75) is 38.3 Å². The summed E-state index contributed by atoms with van der Waals surface area (Å²) >= 11 is 0. The zero-order valence-corrected chi connectivity index (χ0v) is 19.1. The fourth-order valence-electron chi connectivity index (χ4n) is 4.37. The Morgan fingerprint density at radius 1 is 1.06 bits per heavy atom. The Labute approximate surface area is 193 Å². The lowest BCUT2D eigenvalue weighted by Crippen LogP contribution is -2.53. The number of amides is 2. The number of ether oxygens (including phenoxy) is 2. The van der Waals surface area contributed by atoms with E-state index in [0.717, 1.165) is 22.3 Å². The molecule has 0 saturated heterocycles. The van der Waals surface area contributed by atoms with E-state index in [0.29, 0.717) is 13.2 Å². The number of methoxy groups -OCH3 is 1. The molecule has 8 nitrogen and oxygen atoms in total. The number of fused-ring (bicyclic) bond motifs is 3. The second-order valence-electron chi connectivity index (χ2n) is 8.05. The fraction of sp³-hybridized carbons (Fsp3) is 0.400. The smallest absolute Gasteiger partial charge is 0.407 e. The van der Waals surface area contributed by atoms with E-state index in [-0.39, 0.29) is 18.6 Å². The van der Waals surface area contributed by atoms with Crippen LogP contribution in [-0.4, -0.2) is 66.9 Å². The summed E-state index contributed by atoms with van der Waals surface area (Å²) in [6.07, 6.45) is -1.37. The van der Waals surface area contributed by atoms with Gasteiger partial charge in [0.1, 0.15) is 12.6 Å². The number of likely N-dealkylation sites (N-methyl/N-ethyl adjacent to an activating group) is 1. The number of hydrogen-bond acceptors (Lipinski definition) is 5. The highest BCUT2D eigenvalue weighted by molar-refractivity contribution is 5.89. The van der Waals surface area contributed by atoms with Crippen LogP contribution in [-0.2, 0) is 19.1 Å². The molecule has 3 rings (SSSR count). The Bertz CT molecular complexity index is 962.